The van der Waals surface area contributed by atoms with Crippen LogP contribution in [-0.2, 0) is 0 Å². The first-order valence-corrected chi connectivity index (χ1v) is 4.23. The zero-order valence-corrected chi connectivity index (χ0v) is 7.90. The molecule has 3 heteroatoms. The van der Waals surface area contributed by atoms with Gasteiger partial charge in [0.15, 0.2) is 0 Å². The Labute approximate surface area is 78.1 Å². The Morgan fingerprint density at radius 1 is 1.38 bits per heavy atom. The molecular weight excluding hydrogens is 166 g/mol. The molecule has 0 spiro atoms. The fraction of sp³-hybridized carbons (Fsp3) is 0.400. The number of ether oxygens (including phenoxy) is 1. The van der Waals surface area contributed by atoms with Crippen LogP contribution in [0.1, 0.15) is 18.5 Å². The van der Waals surface area contributed by atoms with Crippen molar-refractivity contribution in [2.24, 2.45) is 5.73 Å². The Hall–Kier alpha value is -1.06. The third-order valence-corrected chi connectivity index (χ3v) is 2.02. The second-order valence-corrected chi connectivity index (χ2v) is 3.01. The maximum Gasteiger partial charge on any atom is 0.123 e. The third kappa shape index (κ3) is 2.20. The summed E-state index contributed by atoms with van der Waals surface area (Å²) in [5.74, 6) is 0.718. The first-order valence-electron chi connectivity index (χ1n) is 4.23. The molecule has 0 aromatic heterocycles. The monoisotopic (exact) mass is 181 g/mol. The molecule has 13 heavy (non-hydrogen) atoms. The average Bonchev–Trinajstić information content (AvgIpc) is 2.16. The van der Waals surface area contributed by atoms with E-state index in [0.29, 0.717) is 0 Å². The van der Waals surface area contributed by atoms with Crippen molar-refractivity contribution in [1.82, 2.24) is 0 Å². The van der Waals surface area contributed by atoms with Crippen LogP contribution in [-0.4, -0.2) is 18.3 Å². The van der Waals surface area contributed by atoms with E-state index >= 15 is 0 Å². The fourth-order valence-corrected chi connectivity index (χ4v) is 1.20. The van der Waals surface area contributed by atoms with Crippen LogP contribution >= 0.6 is 0 Å². The SMILES string of the molecule is COc1ccccc1[C@H](N)[C@@H](C)O. The van der Waals surface area contributed by atoms with E-state index in [9.17, 15) is 5.11 Å². The van der Waals surface area contributed by atoms with Crippen molar-refractivity contribution in [3.05, 3.63) is 29.8 Å². The van der Waals surface area contributed by atoms with E-state index in [2.05, 4.69) is 0 Å². The van der Waals surface area contributed by atoms with E-state index in [1.165, 1.54) is 0 Å². The van der Waals surface area contributed by atoms with E-state index in [1.54, 1.807) is 14.0 Å². The number of rotatable bonds is 3. The zero-order valence-electron chi connectivity index (χ0n) is 7.90. The van der Waals surface area contributed by atoms with E-state index in [1.807, 2.05) is 24.3 Å². The summed E-state index contributed by atoms with van der Waals surface area (Å²) in [6, 6.07) is 7.04. The van der Waals surface area contributed by atoms with Gasteiger partial charge in [-0.3, -0.25) is 0 Å². The Balaban J connectivity index is 2.98. The van der Waals surface area contributed by atoms with E-state index in [0.717, 1.165) is 11.3 Å². The summed E-state index contributed by atoms with van der Waals surface area (Å²) >= 11 is 0. The lowest BCUT2D eigenvalue weighted by Gasteiger charge is -2.17. The van der Waals surface area contributed by atoms with Crippen molar-refractivity contribution in [3.63, 3.8) is 0 Å². The minimum absolute atomic E-state index is 0.392. The Bertz CT molecular complexity index is 273. The first kappa shape index (κ1) is 10.0. The summed E-state index contributed by atoms with van der Waals surface area (Å²) in [6.45, 7) is 1.66. The maximum absolute atomic E-state index is 9.31. The van der Waals surface area contributed by atoms with Crippen molar-refractivity contribution in [3.8, 4) is 5.75 Å². The molecule has 3 N–H and O–H groups in total. The molecule has 0 heterocycles. The predicted molar refractivity (Wildman–Crippen MR) is 51.6 cm³/mol. The van der Waals surface area contributed by atoms with Crippen LogP contribution < -0.4 is 10.5 Å². The van der Waals surface area contributed by atoms with Gasteiger partial charge in [0, 0.05) is 5.56 Å². The first-order chi connectivity index (χ1) is 6.16. The molecule has 0 aliphatic carbocycles. The lowest BCUT2D eigenvalue weighted by molar-refractivity contribution is 0.162. The number of para-hydroxylation sites is 1. The molecule has 0 radical (unpaired) electrons. The number of methoxy groups -OCH3 is 1. The molecule has 0 fully saturated rings. The average molecular weight is 181 g/mol. The number of nitrogens with two attached hydrogens (primary N) is 1. The summed E-state index contributed by atoms with van der Waals surface area (Å²) < 4.78 is 5.13. The molecule has 0 amide bonds. The number of hydrogen-bond acceptors (Lipinski definition) is 3. The summed E-state index contributed by atoms with van der Waals surface area (Å²) in [4.78, 5) is 0. The minimum atomic E-state index is -0.573. The summed E-state index contributed by atoms with van der Waals surface area (Å²) in [6.07, 6.45) is -0.573. The molecule has 72 valence electrons. The fourth-order valence-electron chi connectivity index (χ4n) is 1.20. The second kappa shape index (κ2) is 4.25. The Morgan fingerprint density at radius 3 is 2.54 bits per heavy atom. The Kier molecular flexibility index (Phi) is 3.28. The van der Waals surface area contributed by atoms with Gasteiger partial charge in [-0.2, -0.15) is 0 Å². The van der Waals surface area contributed by atoms with Gasteiger partial charge in [-0.05, 0) is 13.0 Å². The topological polar surface area (TPSA) is 55.5 Å². The van der Waals surface area contributed by atoms with E-state index < -0.39 is 12.1 Å². The van der Waals surface area contributed by atoms with Crippen LogP contribution in [0.4, 0.5) is 0 Å². The van der Waals surface area contributed by atoms with Crippen molar-refractivity contribution in [2.45, 2.75) is 19.1 Å². The number of hydrogen-bond donors (Lipinski definition) is 2. The van der Waals surface area contributed by atoms with E-state index in [4.69, 9.17) is 10.5 Å². The number of aliphatic hydroxyl groups is 1. The molecule has 1 rings (SSSR count). The van der Waals surface area contributed by atoms with Gasteiger partial charge < -0.3 is 15.6 Å². The molecule has 0 bridgehead atoms. The van der Waals surface area contributed by atoms with Gasteiger partial charge >= 0.3 is 0 Å². The van der Waals surface area contributed by atoms with Crippen LogP contribution in [0.25, 0.3) is 0 Å². The van der Waals surface area contributed by atoms with Crippen LogP contribution in [0.5, 0.6) is 5.75 Å². The molecule has 3 nitrogen and oxygen atoms in total. The molecule has 0 aliphatic rings. The summed E-state index contributed by atoms with van der Waals surface area (Å²) in [5, 5.41) is 9.31. The largest absolute Gasteiger partial charge is 0.496 e. The highest BCUT2D eigenvalue weighted by Crippen LogP contribution is 2.24. The molecule has 0 unspecified atom stereocenters. The van der Waals surface area contributed by atoms with Gasteiger partial charge in [0.2, 0.25) is 0 Å². The molecule has 2 atom stereocenters. The van der Waals surface area contributed by atoms with Gasteiger partial charge in [-0.15, -0.1) is 0 Å². The smallest absolute Gasteiger partial charge is 0.123 e. The molecule has 0 saturated heterocycles. The van der Waals surface area contributed by atoms with Gasteiger partial charge in [0.05, 0.1) is 19.3 Å². The molecular formula is C10H15NO2. The minimum Gasteiger partial charge on any atom is -0.496 e. The highest BCUT2D eigenvalue weighted by molar-refractivity contribution is 5.36. The molecule has 1 aromatic carbocycles. The van der Waals surface area contributed by atoms with Crippen molar-refractivity contribution in [1.29, 1.82) is 0 Å². The predicted octanol–water partition coefficient (Wildman–Crippen LogP) is 1.08. The lowest BCUT2D eigenvalue weighted by atomic mass is 10.0. The van der Waals surface area contributed by atoms with Crippen LogP contribution in [0.2, 0.25) is 0 Å². The summed E-state index contributed by atoms with van der Waals surface area (Å²) in [7, 11) is 1.59. The quantitative estimate of drug-likeness (QED) is 0.733. The van der Waals surface area contributed by atoms with Crippen molar-refractivity contribution < 1.29 is 9.84 Å². The van der Waals surface area contributed by atoms with Crippen LogP contribution in [0, 0.1) is 0 Å². The maximum atomic E-state index is 9.31. The van der Waals surface area contributed by atoms with Gasteiger partial charge in [-0.25, -0.2) is 0 Å². The third-order valence-electron chi connectivity index (χ3n) is 2.02. The number of benzene rings is 1. The van der Waals surface area contributed by atoms with Crippen LogP contribution in [0.15, 0.2) is 24.3 Å². The van der Waals surface area contributed by atoms with Gasteiger partial charge in [0.1, 0.15) is 5.75 Å². The normalized spacial score (nSPS) is 15.1. The van der Waals surface area contributed by atoms with Crippen molar-refractivity contribution >= 4 is 0 Å². The standard InChI is InChI=1S/C10H15NO2/c1-7(12)10(11)8-5-3-4-6-9(8)13-2/h3-7,10,12H,11H2,1-2H3/t7-,10-/m1/s1. The number of aliphatic hydroxyl groups excluding tert-OH is 1. The zero-order chi connectivity index (χ0) is 9.84. The van der Waals surface area contributed by atoms with Crippen LogP contribution in [0.3, 0.4) is 0 Å². The van der Waals surface area contributed by atoms with Gasteiger partial charge in [-0.1, -0.05) is 18.2 Å². The summed E-state index contributed by atoms with van der Waals surface area (Å²) in [5.41, 5.74) is 6.62. The van der Waals surface area contributed by atoms with Gasteiger partial charge in [0.25, 0.3) is 0 Å². The molecule has 1 aromatic rings. The lowest BCUT2D eigenvalue weighted by Crippen LogP contribution is -2.23. The molecule has 0 saturated carbocycles. The molecule has 0 aliphatic heterocycles. The van der Waals surface area contributed by atoms with E-state index in [-0.39, 0.29) is 0 Å². The Morgan fingerprint density at radius 2 is 2.00 bits per heavy atom. The van der Waals surface area contributed by atoms with Crippen molar-refractivity contribution in [2.75, 3.05) is 7.11 Å². The highest BCUT2D eigenvalue weighted by Gasteiger charge is 2.15. The second-order valence-electron chi connectivity index (χ2n) is 3.01. The highest BCUT2D eigenvalue weighted by atomic mass is 16.5.